The molecule has 4 rings (SSSR count). The predicted molar refractivity (Wildman–Crippen MR) is 130 cm³/mol. The van der Waals surface area contributed by atoms with Crippen LogP contribution in [0.3, 0.4) is 0 Å². The molecule has 2 aromatic carbocycles. The van der Waals surface area contributed by atoms with Gasteiger partial charge in [-0.25, -0.2) is 4.99 Å². The Hall–Kier alpha value is -2.99. The number of aliphatic hydroxyl groups is 1. The third kappa shape index (κ3) is 5.69. The predicted octanol–water partition coefficient (Wildman–Crippen LogP) is 4.19. The molecule has 1 fully saturated rings. The molecular weight excluding hydrogens is 414 g/mol. The van der Waals surface area contributed by atoms with Crippen molar-refractivity contribution in [1.29, 1.82) is 0 Å². The number of rotatable bonds is 9. The second-order valence-electron chi connectivity index (χ2n) is 9.29. The van der Waals surface area contributed by atoms with E-state index in [9.17, 15) is 14.7 Å². The molecule has 3 unspecified atom stereocenters. The van der Waals surface area contributed by atoms with E-state index >= 15 is 0 Å². The largest absolute Gasteiger partial charge is 0.392 e. The van der Waals surface area contributed by atoms with Crippen LogP contribution in [0.15, 0.2) is 53.5 Å². The SMILES string of the molecule is CCCCC(O)C(CC1CC1)C(=O)NC1N=C(c2ccccc2)c2cc(C)ccc2NC1=O. The summed E-state index contributed by atoms with van der Waals surface area (Å²) in [6.45, 7) is 4.06. The van der Waals surface area contributed by atoms with Crippen LogP contribution in [0, 0.1) is 18.8 Å². The second-order valence-corrected chi connectivity index (χ2v) is 9.29. The van der Waals surface area contributed by atoms with Gasteiger partial charge in [-0.2, -0.15) is 0 Å². The van der Waals surface area contributed by atoms with E-state index in [0.29, 0.717) is 30.2 Å². The highest BCUT2D eigenvalue weighted by Crippen LogP contribution is 2.37. The molecule has 2 amide bonds. The fourth-order valence-electron chi connectivity index (χ4n) is 4.35. The summed E-state index contributed by atoms with van der Waals surface area (Å²) in [6.07, 6.45) is 3.48. The summed E-state index contributed by atoms with van der Waals surface area (Å²) in [7, 11) is 0. The molecule has 1 heterocycles. The average Bonchev–Trinajstić information content (AvgIpc) is 3.65. The molecule has 174 valence electrons. The van der Waals surface area contributed by atoms with E-state index in [0.717, 1.165) is 42.4 Å². The summed E-state index contributed by atoms with van der Waals surface area (Å²) in [6, 6.07) is 15.5. The van der Waals surface area contributed by atoms with Crippen LogP contribution >= 0.6 is 0 Å². The van der Waals surface area contributed by atoms with Gasteiger partial charge in [0, 0.05) is 11.1 Å². The van der Waals surface area contributed by atoms with Crippen LogP contribution < -0.4 is 10.6 Å². The smallest absolute Gasteiger partial charge is 0.269 e. The topological polar surface area (TPSA) is 90.8 Å². The van der Waals surface area contributed by atoms with Gasteiger partial charge >= 0.3 is 0 Å². The van der Waals surface area contributed by atoms with Crippen molar-refractivity contribution in [1.82, 2.24) is 5.32 Å². The fraction of sp³-hybridized carbons (Fsp3) is 0.444. The van der Waals surface area contributed by atoms with Crippen molar-refractivity contribution in [3.8, 4) is 0 Å². The van der Waals surface area contributed by atoms with Gasteiger partial charge in [0.2, 0.25) is 12.1 Å². The molecule has 2 aromatic rings. The zero-order chi connectivity index (χ0) is 23.4. The van der Waals surface area contributed by atoms with Gasteiger partial charge < -0.3 is 15.7 Å². The van der Waals surface area contributed by atoms with Crippen molar-refractivity contribution in [3.63, 3.8) is 0 Å². The van der Waals surface area contributed by atoms with Crippen molar-refractivity contribution in [2.75, 3.05) is 5.32 Å². The number of nitrogens with zero attached hydrogens (tertiary/aromatic N) is 1. The van der Waals surface area contributed by atoms with Crippen molar-refractivity contribution in [2.24, 2.45) is 16.8 Å². The number of benzodiazepines with no additional fused rings is 1. The average molecular weight is 448 g/mol. The van der Waals surface area contributed by atoms with Crippen LogP contribution in [0.1, 0.15) is 62.1 Å². The molecule has 0 spiro atoms. The summed E-state index contributed by atoms with van der Waals surface area (Å²) in [5.74, 6) is -0.729. The van der Waals surface area contributed by atoms with E-state index in [1.54, 1.807) is 0 Å². The third-order valence-corrected chi connectivity index (χ3v) is 6.46. The highest BCUT2D eigenvalue weighted by Gasteiger charge is 2.36. The minimum atomic E-state index is -1.07. The minimum Gasteiger partial charge on any atom is -0.392 e. The van der Waals surface area contributed by atoms with E-state index in [1.165, 1.54) is 0 Å². The minimum absolute atomic E-state index is 0.302. The number of fused-ring (bicyclic) bond motifs is 1. The molecule has 6 heteroatoms. The Labute approximate surface area is 195 Å². The van der Waals surface area contributed by atoms with Gasteiger partial charge in [0.25, 0.3) is 5.91 Å². The Morgan fingerprint density at radius 2 is 1.97 bits per heavy atom. The Kier molecular flexibility index (Phi) is 7.23. The van der Waals surface area contributed by atoms with Crippen LogP contribution in [0.5, 0.6) is 0 Å². The number of benzene rings is 2. The zero-order valence-corrected chi connectivity index (χ0v) is 19.4. The molecule has 2 aliphatic rings. The number of amides is 2. The first-order valence-electron chi connectivity index (χ1n) is 12.0. The summed E-state index contributed by atoms with van der Waals surface area (Å²) in [4.78, 5) is 31.1. The van der Waals surface area contributed by atoms with Crippen LogP contribution in [-0.2, 0) is 9.59 Å². The lowest BCUT2D eigenvalue weighted by molar-refractivity contribution is -0.132. The van der Waals surface area contributed by atoms with Gasteiger partial charge in [0.1, 0.15) is 0 Å². The van der Waals surface area contributed by atoms with Gasteiger partial charge in [-0.1, -0.05) is 74.6 Å². The molecule has 6 nitrogen and oxygen atoms in total. The molecule has 0 saturated heterocycles. The number of nitrogens with one attached hydrogen (secondary N) is 2. The van der Waals surface area contributed by atoms with Crippen LogP contribution in [0.25, 0.3) is 0 Å². The van der Waals surface area contributed by atoms with Crippen molar-refractivity contribution < 1.29 is 14.7 Å². The van der Waals surface area contributed by atoms with Crippen LogP contribution in [-0.4, -0.2) is 34.9 Å². The van der Waals surface area contributed by atoms with E-state index in [4.69, 9.17) is 4.99 Å². The Balaban J connectivity index is 1.64. The number of unbranched alkanes of at least 4 members (excludes halogenated alkanes) is 1. The maximum absolute atomic E-state index is 13.3. The molecular formula is C27H33N3O3. The second kappa shape index (κ2) is 10.3. The highest BCUT2D eigenvalue weighted by atomic mass is 16.3. The molecule has 0 radical (unpaired) electrons. The summed E-state index contributed by atoms with van der Waals surface area (Å²) >= 11 is 0. The van der Waals surface area contributed by atoms with Crippen LogP contribution in [0.4, 0.5) is 5.69 Å². The summed E-state index contributed by atoms with van der Waals surface area (Å²) in [5, 5.41) is 16.5. The maximum atomic E-state index is 13.3. The highest BCUT2D eigenvalue weighted by molar-refractivity contribution is 6.20. The zero-order valence-electron chi connectivity index (χ0n) is 19.4. The lowest BCUT2D eigenvalue weighted by Crippen LogP contribution is -2.47. The number of aliphatic hydroxyl groups excluding tert-OH is 1. The molecule has 0 aromatic heterocycles. The summed E-state index contributed by atoms with van der Waals surface area (Å²) < 4.78 is 0. The third-order valence-electron chi connectivity index (χ3n) is 6.46. The molecule has 3 N–H and O–H groups in total. The molecule has 1 aliphatic heterocycles. The van der Waals surface area contributed by atoms with Gasteiger partial charge in [0.15, 0.2) is 0 Å². The Morgan fingerprint density at radius 3 is 2.67 bits per heavy atom. The standard InChI is InChI=1S/C27H33N3O3/c1-3-4-10-23(31)21(16-18-12-13-18)26(32)30-25-27(33)28-22-14-11-17(2)15-20(22)24(29-25)19-8-6-5-7-9-19/h5-9,11,14-15,18,21,23,25,31H,3-4,10,12-13,16H2,1-2H3,(H,28,33)(H,30,32). The Bertz CT molecular complexity index is 1030. The first-order valence-corrected chi connectivity index (χ1v) is 12.0. The van der Waals surface area contributed by atoms with Gasteiger partial charge in [-0.3, -0.25) is 9.59 Å². The number of hydrogen-bond acceptors (Lipinski definition) is 4. The normalized spacial score (nSPS) is 19.5. The van der Waals surface area contributed by atoms with E-state index in [-0.39, 0.29) is 11.8 Å². The summed E-state index contributed by atoms with van der Waals surface area (Å²) in [5.41, 5.74) is 4.07. The van der Waals surface area contributed by atoms with Gasteiger partial charge in [-0.15, -0.1) is 0 Å². The van der Waals surface area contributed by atoms with E-state index in [1.807, 2.05) is 55.5 Å². The lowest BCUT2D eigenvalue weighted by atomic mass is 9.91. The molecule has 1 aliphatic carbocycles. The molecule has 0 bridgehead atoms. The number of carbonyl (C=O) groups excluding carboxylic acids is 2. The van der Waals surface area contributed by atoms with Crippen molar-refractivity contribution in [2.45, 2.75) is 64.6 Å². The first-order chi connectivity index (χ1) is 16.0. The number of anilines is 1. The quantitative estimate of drug-likeness (QED) is 0.538. The number of hydrogen-bond donors (Lipinski definition) is 3. The molecule has 33 heavy (non-hydrogen) atoms. The maximum Gasteiger partial charge on any atom is 0.269 e. The number of aliphatic imine (C=N–C) groups is 1. The monoisotopic (exact) mass is 447 g/mol. The van der Waals surface area contributed by atoms with Gasteiger partial charge in [0.05, 0.1) is 23.4 Å². The number of carbonyl (C=O) groups is 2. The van der Waals surface area contributed by atoms with Crippen LogP contribution in [0.2, 0.25) is 0 Å². The fourth-order valence-corrected chi connectivity index (χ4v) is 4.35. The Morgan fingerprint density at radius 1 is 1.21 bits per heavy atom. The van der Waals surface area contributed by atoms with Crippen molar-refractivity contribution >= 4 is 23.2 Å². The van der Waals surface area contributed by atoms with E-state index in [2.05, 4.69) is 17.6 Å². The lowest BCUT2D eigenvalue weighted by Gasteiger charge is -2.24. The van der Waals surface area contributed by atoms with Crippen molar-refractivity contribution in [3.05, 3.63) is 65.2 Å². The molecule has 1 saturated carbocycles. The number of aryl methyl sites for hydroxylation is 1. The first kappa shape index (κ1) is 23.2. The molecule has 3 atom stereocenters. The van der Waals surface area contributed by atoms with E-state index < -0.39 is 18.2 Å². The van der Waals surface area contributed by atoms with Gasteiger partial charge in [-0.05, 0) is 37.8 Å².